The molecule has 3 rings (SSSR count). The third-order valence-electron chi connectivity index (χ3n) is 4.36. The van der Waals surface area contributed by atoms with Crippen molar-refractivity contribution < 1.29 is 14.3 Å². The third kappa shape index (κ3) is 2.60. The van der Waals surface area contributed by atoms with Crippen LogP contribution < -0.4 is 9.64 Å². The second kappa shape index (κ2) is 5.39. The molecule has 0 aromatic heterocycles. The van der Waals surface area contributed by atoms with Crippen molar-refractivity contribution in [3.8, 4) is 5.75 Å². The second-order valence-electron chi connectivity index (χ2n) is 5.90. The van der Waals surface area contributed by atoms with E-state index in [1.165, 1.54) is 0 Å². The Hall–Kier alpha value is -2.04. The number of likely N-dealkylation sites (N-methyl/N-ethyl adjacent to an activating group) is 1. The molecule has 21 heavy (non-hydrogen) atoms. The highest BCUT2D eigenvalue weighted by molar-refractivity contribution is 6.01. The van der Waals surface area contributed by atoms with E-state index < -0.39 is 0 Å². The van der Waals surface area contributed by atoms with E-state index in [1.54, 1.807) is 30.1 Å². The van der Waals surface area contributed by atoms with Crippen molar-refractivity contribution in [2.75, 3.05) is 31.6 Å². The lowest BCUT2D eigenvalue weighted by atomic mass is 9.98. The first-order valence-corrected chi connectivity index (χ1v) is 7.39. The van der Waals surface area contributed by atoms with Crippen LogP contribution in [0.2, 0.25) is 0 Å². The number of amides is 2. The Kier molecular flexibility index (Phi) is 3.57. The molecule has 2 aliphatic heterocycles. The highest BCUT2D eigenvalue weighted by Crippen LogP contribution is 2.32. The Labute approximate surface area is 124 Å². The molecule has 0 radical (unpaired) electrons. The average Bonchev–Trinajstić information content (AvgIpc) is 2.51. The molecule has 0 spiro atoms. The van der Waals surface area contributed by atoms with Crippen LogP contribution >= 0.6 is 0 Å². The highest BCUT2D eigenvalue weighted by Gasteiger charge is 2.26. The lowest BCUT2D eigenvalue weighted by Crippen LogP contribution is -2.38. The fourth-order valence-corrected chi connectivity index (χ4v) is 2.80. The van der Waals surface area contributed by atoms with Crippen LogP contribution in [0.15, 0.2) is 18.2 Å². The largest absolute Gasteiger partial charge is 0.482 e. The minimum Gasteiger partial charge on any atom is -0.482 e. The van der Waals surface area contributed by atoms with Crippen LogP contribution in [0.1, 0.15) is 30.1 Å². The zero-order valence-electron chi connectivity index (χ0n) is 12.5. The Morgan fingerprint density at radius 2 is 2.00 bits per heavy atom. The smallest absolute Gasteiger partial charge is 0.264 e. The van der Waals surface area contributed by atoms with Gasteiger partial charge in [-0.2, -0.15) is 0 Å². The molecule has 0 atom stereocenters. The number of hydrogen-bond acceptors (Lipinski definition) is 3. The molecule has 1 aromatic rings. The zero-order chi connectivity index (χ0) is 15.0. The molecule has 2 aliphatic rings. The minimum atomic E-state index is -0.0982. The van der Waals surface area contributed by atoms with E-state index in [0.29, 0.717) is 22.9 Å². The fourth-order valence-electron chi connectivity index (χ4n) is 2.80. The molecule has 1 fully saturated rings. The quantitative estimate of drug-likeness (QED) is 0.793. The van der Waals surface area contributed by atoms with Gasteiger partial charge in [0, 0.05) is 25.7 Å². The number of nitrogens with zero attached hydrogens (tertiary/aromatic N) is 2. The summed E-state index contributed by atoms with van der Waals surface area (Å²) in [5, 5.41) is 0. The number of fused-ring (bicyclic) bond motifs is 1. The number of anilines is 1. The van der Waals surface area contributed by atoms with Gasteiger partial charge in [0.1, 0.15) is 5.75 Å². The molecule has 0 unspecified atom stereocenters. The fraction of sp³-hybridized carbons (Fsp3) is 0.500. The van der Waals surface area contributed by atoms with Gasteiger partial charge in [-0.15, -0.1) is 0 Å². The van der Waals surface area contributed by atoms with E-state index in [9.17, 15) is 9.59 Å². The monoisotopic (exact) mass is 288 g/mol. The average molecular weight is 288 g/mol. The molecular formula is C16H20N2O3. The van der Waals surface area contributed by atoms with Gasteiger partial charge in [-0.1, -0.05) is 6.92 Å². The molecule has 0 aliphatic carbocycles. The Morgan fingerprint density at radius 1 is 1.29 bits per heavy atom. The molecule has 2 heterocycles. The van der Waals surface area contributed by atoms with Crippen LogP contribution in [0.25, 0.3) is 0 Å². The van der Waals surface area contributed by atoms with Gasteiger partial charge in [-0.05, 0) is 37.0 Å². The molecule has 5 nitrogen and oxygen atoms in total. The van der Waals surface area contributed by atoms with Gasteiger partial charge >= 0.3 is 0 Å². The van der Waals surface area contributed by atoms with Gasteiger partial charge in [0.05, 0.1) is 5.69 Å². The first-order chi connectivity index (χ1) is 10.1. The molecule has 0 bridgehead atoms. The van der Waals surface area contributed by atoms with Gasteiger partial charge in [-0.25, -0.2) is 0 Å². The third-order valence-corrected chi connectivity index (χ3v) is 4.36. The Bertz CT molecular complexity index is 577. The van der Waals surface area contributed by atoms with Crippen molar-refractivity contribution in [3.05, 3.63) is 23.8 Å². The van der Waals surface area contributed by atoms with Crippen LogP contribution in [0, 0.1) is 5.92 Å². The van der Waals surface area contributed by atoms with Crippen molar-refractivity contribution in [1.82, 2.24) is 4.90 Å². The number of ether oxygens (including phenoxy) is 1. The van der Waals surface area contributed by atoms with Crippen LogP contribution in [-0.2, 0) is 4.79 Å². The lowest BCUT2D eigenvalue weighted by molar-refractivity contribution is -0.120. The van der Waals surface area contributed by atoms with Crippen LogP contribution in [0.3, 0.4) is 0 Å². The predicted octanol–water partition coefficient (Wildman–Crippen LogP) is 1.91. The zero-order valence-corrected chi connectivity index (χ0v) is 12.5. The molecule has 2 amide bonds. The number of piperidine rings is 1. The van der Waals surface area contributed by atoms with Gasteiger partial charge in [-0.3, -0.25) is 9.59 Å². The summed E-state index contributed by atoms with van der Waals surface area (Å²) in [5.41, 5.74) is 1.29. The van der Waals surface area contributed by atoms with E-state index in [1.807, 2.05) is 4.90 Å². The molecule has 0 N–H and O–H groups in total. The summed E-state index contributed by atoms with van der Waals surface area (Å²) in [6.45, 7) is 3.89. The van der Waals surface area contributed by atoms with E-state index >= 15 is 0 Å². The summed E-state index contributed by atoms with van der Waals surface area (Å²) in [6.07, 6.45) is 2.11. The van der Waals surface area contributed by atoms with E-state index in [0.717, 1.165) is 25.9 Å². The number of benzene rings is 1. The molecule has 5 heteroatoms. The van der Waals surface area contributed by atoms with E-state index in [4.69, 9.17) is 4.74 Å². The second-order valence-corrected chi connectivity index (χ2v) is 5.90. The number of carbonyl (C=O) groups is 2. The summed E-state index contributed by atoms with van der Waals surface area (Å²) < 4.78 is 5.38. The molecular weight excluding hydrogens is 268 g/mol. The van der Waals surface area contributed by atoms with Crippen LogP contribution in [0.5, 0.6) is 5.75 Å². The summed E-state index contributed by atoms with van der Waals surface area (Å²) in [4.78, 5) is 27.7. The van der Waals surface area contributed by atoms with Crippen molar-refractivity contribution in [1.29, 1.82) is 0 Å². The van der Waals surface area contributed by atoms with Crippen LogP contribution in [0.4, 0.5) is 5.69 Å². The Morgan fingerprint density at radius 3 is 2.71 bits per heavy atom. The first-order valence-electron chi connectivity index (χ1n) is 7.39. The topological polar surface area (TPSA) is 49.9 Å². The van der Waals surface area contributed by atoms with Gasteiger partial charge < -0.3 is 14.5 Å². The minimum absolute atomic E-state index is 0.0381. The maximum Gasteiger partial charge on any atom is 0.264 e. The van der Waals surface area contributed by atoms with Gasteiger partial charge in [0.25, 0.3) is 11.8 Å². The van der Waals surface area contributed by atoms with E-state index in [-0.39, 0.29) is 18.4 Å². The first kappa shape index (κ1) is 13.9. The maximum atomic E-state index is 12.6. The number of likely N-dealkylation sites (tertiary alicyclic amines) is 1. The summed E-state index contributed by atoms with van der Waals surface area (Å²) >= 11 is 0. The predicted molar refractivity (Wildman–Crippen MR) is 79.6 cm³/mol. The van der Waals surface area contributed by atoms with Crippen molar-refractivity contribution >= 4 is 17.5 Å². The van der Waals surface area contributed by atoms with E-state index in [2.05, 4.69) is 6.92 Å². The number of hydrogen-bond donors (Lipinski definition) is 0. The number of carbonyl (C=O) groups excluding carboxylic acids is 2. The van der Waals surface area contributed by atoms with Crippen molar-refractivity contribution in [3.63, 3.8) is 0 Å². The molecule has 0 saturated carbocycles. The molecule has 112 valence electrons. The molecule has 1 saturated heterocycles. The standard InChI is InChI=1S/C16H20N2O3/c1-11-5-7-18(8-6-11)16(20)12-3-4-14-13(9-12)17(2)15(19)10-21-14/h3-4,9,11H,5-8,10H2,1-2H3. The van der Waals surface area contributed by atoms with Crippen molar-refractivity contribution in [2.45, 2.75) is 19.8 Å². The summed E-state index contributed by atoms with van der Waals surface area (Å²) in [7, 11) is 1.71. The van der Waals surface area contributed by atoms with Gasteiger partial charge in [0.2, 0.25) is 0 Å². The summed E-state index contributed by atoms with van der Waals surface area (Å²) in [6, 6.07) is 5.31. The normalized spacial score (nSPS) is 19.2. The lowest BCUT2D eigenvalue weighted by Gasteiger charge is -2.31. The summed E-state index contributed by atoms with van der Waals surface area (Å²) in [5.74, 6) is 1.28. The SMILES string of the molecule is CC1CCN(C(=O)c2ccc3c(c2)N(C)C(=O)CO3)CC1. The highest BCUT2D eigenvalue weighted by atomic mass is 16.5. The number of rotatable bonds is 1. The molecule has 1 aromatic carbocycles. The maximum absolute atomic E-state index is 12.6. The Balaban J connectivity index is 1.83. The van der Waals surface area contributed by atoms with Crippen molar-refractivity contribution in [2.24, 2.45) is 5.92 Å². The van der Waals surface area contributed by atoms with Crippen LogP contribution in [-0.4, -0.2) is 43.5 Å². The van der Waals surface area contributed by atoms with Gasteiger partial charge in [0.15, 0.2) is 6.61 Å².